The molecule has 0 aliphatic carbocycles. The molecule has 0 bridgehead atoms. The van der Waals surface area contributed by atoms with Gasteiger partial charge in [-0.25, -0.2) is 0 Å². The molecule has 0 atom stereocenters. The maximum Gasteiger partial charge on any atom is 0.162 e. The average molecular weight is 349 g/mol. The van der Waals surface area contributed by atoms with Gasteiger partial charge in [-0.15, -0.1) is 0 Å². The third-order valence-electron chi connectivity index (χ3n) is 3.14. The highest BCUT2D eigenvalue weighted by Gasteiger charge is 2.15. The number of carbonyl (C=O) groups is 1. The molecule has 2 aromatic carbocycles. The Morgan fingerprint density at radius 3 is 2.62 bits per heavy atom. The van der Waals surface area contributed by atoms with Gasteiger partial charge in [0.25, 0.3) is 0 Å². The van der Waals surface area contributed by atoms with Crippen LogP contribution in [0.5, 0.6) is 17.2 Å². The summed E-state index contributed by atoms with van der Waals surface area (Å²) in [4.78, 5) is 11.0. The van der Waals surface area contributed by atoms with Gasteiger partial charge in [-0.05, 0) is 24.3 Å². The number of aldehydes is 1. The highest BCUT2D eigenvalue weighted by atomic mass is 79.9. The van der Waals surface area contributed by atoms with Crippen LogP contribution in [0, 0.1) is 0 Å². The van der Waals surface area contributed by atoms with Crippen LogP contribution >= 0.6 is 15.9 Å². The molecule has 1 heterocycles. The van der Waals surface area contributed by atoms with Gasteiger partial charge in [0.1, 0.15) is 25.6 Å². The molecule has 3 rings (SSSR count). The summed E-state index contributed by atoms with van der Waals surface area (Å²) in [6.45, 7) is 1.44. The van der Waals surface area contributed by atoms with Crippen molar-refractivity contribution in [1.82, 2.24) is 0 Å². The molecule has 1 aliphatic heterocycles. The molecule has 0 radical (unpaired) electrons. The number of rotatable bonds is 4. The average Bonchev–Trinajstić information content (AvgIpc) is 2.53. The number of hydrogen-bond acceptors (Lipinski definition) is 4. The zero-order chi connectivity index (χ0) is 14.7. The van der Waals surface area contributed by atoms with Crippen LogP contribution in [0.1, 0.15) is 15.9 Å². The van der Waals surface area contributed by atoms with E-state index in [4.69, 9.17) is 14.2 Å². The molecule has 0 saturated carbocycles. The van der Waals surface area contributed by atoms with Crippen molar-refractivity contribution < 1.29 is 19.0 Å². The standard InChI is InChI=1S/C16H13BrO4/c17-13-8-16-15(19-5-6-20-16)7-12(13)10-21-14-4-2-1-3-11(14)9-18/h1-4,7-9H,5-6,10H2. The Bertz CT molecular complexity index is 669. The summed E-state index contributed by atoms with van der Waals surface area (Å²) in [7, 11) is 0. The van der Waals surface area contributed by atoms with Gasteiger partial charge >= 0.3 is 0 Å². The molecule has 0 N–H and O–H groups in total. The Labute approximate surface area is 130 Å². The predicted octanol–water partition coefficient (Wildman–Crippen LogP) is 3.61. The maximum atomic E-state index is 11.0. The van der Waals surface area contributed by atoms with Crippen LogP contribution in [0.25, 0.3) is 0 Å². The van der Waals surface area contributed by atoms with Gasteiger partial charge in [0.15, 0.2) is 17.8 Å². The quantitative estimate of drug-likeness (QED) is 0.791. The van der Waals surface area contributed by atoms with E-state index in [2.05, 4.69) is 15.9 Å². The summed E-state index contributed by atoms with van der Waals surface area (Å²) in [5.74, 6) is 2.01. The first-order chi connectivity index (χ1) is 10.3. The Kier molecular flexibility index (Phi) is 4.10. The molecule has 0 spiro atoms. The molecule has 0 aromatic heterocycles. The number of ether oxygens (including phenoxy) is 3. The first kappa shape index (κ1) is 13.9. The van der Waals surface area contributed by atoms with Crippen molar-refractivity contribution in [3.63, 3.8) is 0 Å². The van der Waals surface area contributed by atoms with Gasteiger partial charge in [0.05, 0.1) is 5.56 Å². The molecule has 2 aromatic rings. The minimum atomic E-state index is 0.335. The van der Waals surface area contributed by atoms with Crippen molar-refractivity contribution in [3.05, 3.63) is 52.0 Å². The largest absolute Gasteiger partial charge is 0.488 e. The van der Waals surface area contributed by atoms with Crippen LogP contribution in [-0.4, -0.2) is 19.5 Å². The molecular weight excluding hydrogens is 336 g/mol. The fourth-order valence-electron chi connectivity index (χ4n) is 2.08. The van der Waals surface area contributed by atoms with Gasteiger partial charge in [-0.2, -0.15) is 0 Å². The molecule has 5 heteroatoms. The fraction of sp³-hybridized carbons (Fsp3) is 0.188. The minimum absolute atomic E-state index is 0.335. The topological polar surface area (TPSA) is 44.8 Å². The van der Waals surface area contributed by atoms with Crippen molar-refractivity contribution in [2.45, 2.75) is 6.61 Å². The van der Waals surface area contributed by atoms with E-state index in [1.807, 2.05) is 18.2 Å². The second-order valence-electron chi connectivity index (χ2n) is 4.53. The molecule has 108 valence electrons. The minimum Gasteiger partial charge on any atom is -0.488 e. The van der Waals surface area contributed by atoms with Crippen LogP contribution < -0.4 is 14.2 Å². The van der Waals surface area contributed by atoms with Crippen molar-refractivity contribution in [2.24, 2.45) is 0 Å². The lowest BCUT2D eigenvalue weighted by Gasteiger charge is -2.20. The number of hydrogen-bond donors (Lipinski definition) is 0. The predicted molar refractivity (Wildman–Crippen MR) is 81.3 cm³/mol. The van der Waals surface area contributed by atoms with E-state index in [-0.39, 0.29) is 0 Å². The lowest BCUT2D eigenvalue weighted by molar-refractivity contribution is 0.111. The SMILES string of the molecule is O=Cc1ccccc1OCc1cc2c(cc1Br)OCCO2. The molecule has 4 nitrogen and oxygen atoms in total. The number of para-hydroxylation sites is 1. The summed E-state index contributed by atoms with van der Waals surface area (Å²) in [6.07, 6.45) is 0.786. The highest BCUT2D eigenvalue weighted by molar-refractivity contribution is 9.10. The summed E-state index contributed by atoms with van der Waals surface area (Å²) >= 11 is 3.50. The second kappa shape index (κ2) is 6.18. The van der Waals surface area contributed by atoms with Crippen molar-refractivity contribution >= 4 is 22.2 Å². The third kappa shape index (κ3) is 3.03. The third-order valence-corrected chi connectivity index (χ3v) is 3.88. The number of benzene rings is 2. The first-order valence-corrected chi connectivity index (χ1v) is 7.32. The van der Waals surface area contributed by atoms with Crippen molar-refractivity contribution in [3.8, 4) is 17.2 Å². The lowest BCUT2D eigenvalue weighted by atomic mass is 10.2. The highest BCUT2D eigenvalue weighted by Crippen LogP contribution is 2.36. The van der Waals surface area contributed by atoms with E-state index < -0.39 is 0 Å². The zero-order valence-corrected chi connectivity index (χ0v) is 12.8. The molecule has 0 saturated heterocycles. The molecule has 0 fully saturated rings. The molecular formula is C16H13BrO4. The van der Waals surface area contributed by atoms with Gasteiger partial charge < -0.3 is 14.2 Å². The second-order valence-corrected chi connectivity index (χ2v) is 5.39. The number of fused-ring (bicyclic) bond motifs is 1. The number of carbonyl (C=O) groups excluding carboxylic acids is 1. The van der Waals surface area contributed by atoms with Crippen LogP contribution in [0.3, 0.4) is 0 Å². The van der Waals surface area contributed by atoms with Gasteiger partial charge in [-0.3, -0.25) is 4.79 Å². The lowest BCUT2D eigenvalue weighted by Crippen LogP contribution is -2.15. The monoisotopic (exact) mass is 348 g/mol. The summed E-state index contributed by atoms with van der Waals surface area (Å²) in [6, 6.07) is 10.9. The smallest absolute Gasteiger partial charge is 0.162 e. The summed E-state index contributed by atoms with van der Waals surface area (Å²) in [5, 5.41) is 0. The fourth-order valence-corrected chi connectivity index (χ4v) is 2.52. The van der Waals surface area contributed by atoms with Crippen LogP contribution in [0.15, 0.2) is 40.9 Å². The van der Waals surface area contributed by atoms with Crippen LogP contribution in [0.4, 0.5) is 0 Å². The first-order valence-electron chi connectivity index (χ1n) is 6.53. The Morgan fingerprint density at radius 1 is 1.14 bits per heavy atom. The van der Waals surface area contributed by atoms with E-state index in [1.165, 1.54) is 0 Å². The van der Waals surface area contributed by atoms with Gasteiger partial charge in [0, 0.05) is 10.0 Å². The maximum absolute atomic E-state index is 11.0. The van der Waals surface area contributed by atoms with Gasteiger partial charge in [-0.1, -0.05) is 28.1 Å². The van der Waals surface area contributed by atoms with Crippen molar-refractivity contribution in [2.75, 3.05) is 13.2 Å². The van der Waals surface area contributed by atoms with Crippen molar-refractivity contribution in [1.29, 1.82) is 0 Å². The van der Waals surface area contributed by atoms with E-state index in [1.54, 1.807) is 18.2 Å². The van der Waals surface area contributed by atoms with E-state index in [9.17, 15) is 4.79 Å². The Hall–Kier alpha value is -2.01. The molecule has 0 unspecified atom stereocenters. The van der Waals surface area contributed by atoms with Crippen LogP contribution in [-0.2, 0) is 6.61 Å². The number of halogens is 1. The van der Waals surface area contributed by atoms with Gasteiger partial charge in [0.2, 0.25) is 0 Å². The normalized spacial score (nSPS) is 12.8. The zero-order valence-electron chi connectivity index (χ0n) is 11.2. The molecule has 0 amide bonds. The molecule has 21 heavy (non-hydrogen) atoms. The van der Waals surface area contributed by atoms with E-state index in [0.29, 0.717) is 36.9 Å². The van der Waals surface area contributed by atoms with Crippen LogP contribution in [0.2, 0.25) is 0 Å². The van der Waals surface area contributed by atoms with E-state index >= 15 is 0 Å². The Balaban J connectivity index is 1.80. The van der Waals surface area contributed by atoms with E-state index in [0.717, 1.165) is 22.1 Å². The molecule has 1 aliphatic rings. The summed E-state index contributed by atoms with van der Waals surface area (Å²) in [5.41, 5.74) is 1.46. The Morgan fingerprint density at radius 2 is 1.86 bits per heavy atom. The summed E-state index contributed by atoms with van der Waals surface area (Å²) < 4.78 is 17.7.